The molecule has 0 amide bonds. The van der Waals surface area contributed by atoms with Gasteiger partial charge in [0.2, 0.25) is 0 Å². The third kappa shape index (κ3) is 2.84. The van der Waals surface area contributed by atoms with Gasteiger partial charge >= 0.3 is 6.18 Å². The maximum atomic E-state index is 12.1. The van der Waals surface area contributed by atoms with Crippen LogP contribution in [0.1, 0.15) is 11.6 Å². The topological polar surface area (TPSA) is 26.0 Å². The van der Waals surface area contributed by atoms with Crippen LogP contribution in [-0.4, -0.2) is 6.18 Å². The third-order valence-corrected chi connectivity index (χ3v) is 2.30. The van der Waals surface area contributed by atoms with Crippen molar-refractivity contribution in [3.8, 4) is 0 Å². The lowest BCUT2D eigenvalue weighted by atomic mass is 10.1. The standard InChI is InChI=1S/C8H7F3IN/c9-8(10,11)7(13)5-1-3-6(12)4-2-5/h1-4,7H,13H2. The Kier molecular flexibility index (Phi) is 3.18. The molecule has 0 saturated carbocycles. The minimum atomic E-state index is -4.37. The lowest BCUT2D eigenvalue weighted by Gasteiger charge is -2.15. The zero-order valence-corrected chi connectivity index (χ0v) is 8.63. The van der Waals surface area contributed by atoms with Crippen LogP contribution in [0.4, 0.5) is 13.2 Å². The number of nitrogens with two attached hydrogens (primary N) is 1. The van der Waals surface area contributed by atoms with E-state index in [-0.39, 0.29) is 5.56 Å². The summed E-state index contributed by atoms with van der Waals surface area (Å²) in [7, 11) is 0. The van der Waals surface area contributed by atoms with Crippen LogP contribution in [-0.2, 0) is 0 Å². The first-order chi connectivity index (χ1) is 5.91. The monoisotopic (exact) mass is 301 g/mol. The fourth-order valence-electron chi connectivity index (χ4n) is 0.859. The Morgan fingerprint density at radius 2 is 1.62 bits per heavy atom. The van der Waals surface area contributed by atoms with Gasteiger partial charge in [-0.1, -0.05) is 12.1 Å². The summed E-state index contributed by atoms with van der Waals surface area (Å²) in [6.07, 6.45) is -4.37. The number of hydrogen-bond acceptors (Lipinski definition) is 1. The summed E-state index contributed by atoms with van der Waals surface area (Å²) in [5.41, 5.74) is 5.09. The van der Waals surface area contributed by atoms with Crippen molar-refractivity contribution in [2.45, 2.75) is 12.2 Å². The molecule has 72 valence electrons. The molecule has 1 unspecified atom stereocenters. The van der Waals surface area contributed by atoms with Gasteiger partial charge in [0.15, 0.2) is 0 Å². The quantitative estimate of drug-likeness (QED) is 0.793. The fraction of sp³-hybridized carbons (Fsp3) is 0.250. The zero-order valence-electron chi connectivity index (χ0n) is 6.48. The molecule has 0 aliphatic rings. The number of rotatable bonds is 1. The molecule has 0 aliphatic carbocycles. The van der Waals surface area contributed by atoms with Gasteiger partial charge < -0.3 is 5.73 Å². The maximum Gasteiger partial charge on any atom is 0.407 e. The van der Waals surface area contributed by atoms with Crippen LogP contribution in [0.5, 0.6) is 0 Å². The molecule has 0 fully saturated rings. The number of halogens is 4. The Balaban J connectivity index is 2.90. The summed E-state index contributed by atoms with van der Waals surface area (Å²) in [6, 6.07) is 4.09. The summed E-state index contributed by atoms with van der Waals surface area (Å²) in [5.74, 6) is 0. The highest BCUT2D eigenvalue weighted by Crippen LogP contribution is 2.30. The highest BCUT2D eigenvalue weighted by molar-refractivity contribution is 14.1. The summed E-state index contributed by atoms with van der Waals surface area (Å²) >= 11 is 2.02. The van der Waals surface area contributed by atoms with Crippen molar-refractivity contribution in [1.29, 1.82) is 0 Å². The molecule has 0 aromatic heterocycles. The molecule has 1 rings (SSSR count). The highest BCUT2D eigenvalue weighted by atomic mass is 127. The fourth-order valence-corrected chi connectivity index (χ4v) is 1.22. The van der Waals surface area contributed by atoms with E-state index in [1.807, 2.05) is 22.6 Å². The van der Waals surface area contributed by atoms with Crippen molar-refractivity contribution >= 4 is 22.6 Å². The highest BCUT2D eigenvalue weighted by Gasteiger charge is 2.37. The SMILES string of the molecule is NC(c1ccc(I)cc1)C(F)(F)F. The van der Waals surface area contributed by atoms with Crippen molar-refractivity contribution < 1.29 is 13.2 Å². The molecule has 13 heavy (non-hydrogen) atoms. The molecule has 0 saturated heterocycles. The molecule has 1 atom stereocenters. The lowest BCUT2D eigenvalue weighted by Crippen LogP contribution is -2.28. The predicted octanol–water partition coefficient (Wildman–Crippen LogP) is 2.85. The third-order valence-electron chi connectivity index (χ3n) is 1.58. The van der Waals surface area contributed by atoms with Gasteiger partial charge in [-0.3, -0.25) is 0 Å². The van der Waals surface area contributed by atoms with Gasteiger partial charge in [-0.25, -0.2) is 0 Å². The first kappa shape index (κ1) is 10.8. The van der Waals surface area contributed by atoms with Crippen LogP contribution in [0.3, 0.4) is 0 Å². The van der Waals surface area contributed by atoms with Crippen molar-refractivity contribution in [2.24, 2.45) is 5.73 Å². The molecule has 1 aromatic rings. The summed E-state index contributed by atoms with van der Waals surface area (Å²) in [5, 5.41) is 0. The van der Waals surface area contributed by atoms with Gasteiger partial charge in [-0.2, -0.15) is 13.2 Å². The number of hydrogen-bond donors (Lipinski definition) is 1. The van der Waals surface area contributed by atoms with Crippen LogP contribution in [0, 0.1) is 3.57 Å². The predicted molar refractivity (Wildman–Crippen MR) is 52.1 cm³/mol. The van der Waals surface area contributed by atoms with Crippen LogP contribution >= 0.6 is 22.6 Å². The zero-order chi connectivity index (χ0) is 10.1. The van der Waals surface area contributed by atoms with Crippen LogP contribution in [0.15, 0.2) is 24.3 Å². The molecule has 0 bridgehead atoms. The van der Waals surface area contributed by atoms with E-state index in [1.165, 1.54) is 12.1 Å². The normalized spacial score (nSPS) is 14.2. The molecule has 1 nitrogen and oxygen atoms in total. The van der Waals surface area contributed by atoms with Gasteiger partial charge in [0.05, 0.1) is 0 Å². The Labute approximate surface area is 87.3 Å². The van der Waals surface area contributed by atoms with Crippen molar-refractivity contribution in [3.05, 3.63) is 33.4 Å². The average molecular weight is 301 g/mol. The minimum Gasteiger partial charge on any atom is -0.316 e. The number of benzene rings is 1. The maximum absolute atomic E-state index is 12.1. The van der Waals surface area contributed by atoms with Crippen LogP contribution in [0.2, 0.25) is 0 Å². The lowest BCUT2D eigenvalue weighted by molar-refractivity contribution is -0.149. The Morgan fingerprint density at radius 1 is 1.15 bits per heavy atom. The second-order valence-electron chi connectivity index (χ2n) is 2.57. The largest absolute Gasteiger partial charge is 0.407 e. The molecule has 1 aromatic carbocycles. The smallest absolute Gasteiger partial charge is 0.316 e. The first-order valence-corrected chi connectivity index (χ1v) is 4.57. The van der Waals surface area contributed by atoms with Gasteiger partial charge in [0.1, 0.15) is 6.04 Å². The molecule has 0 aliphatic heterocycles. The van der Waals surface area contributed by atoms with Crippen molar-refractivity contribution in [2.75, 3.05) is 0 Å². The van der Waals surface area contributed by atoms with E-state index in [9.17, 15) is 13.2 Å². The van der Waals surface area contributed by atoms with E-state index in [0.717, 1.165) is 3.57 Å². The van der Waals surface area contributed by atoms with Gasteiger partial charge in [-0.15, -0.1) is 0 Å². The molecule has 2 N–H and O–H groups in total. The van der Waals surface area contributed by atoms with E-state index < -0.39 is 12.2 Å². The van der Waals surface area contributed by atoms with Crippen LogP contribution in [0.25, 0.3) is 0 Å². The summed E-state index contributed by atoms with van der Waals surface area (Å²) < 4.78 is 37.2. The van der Waals surface area contributed by atoms with Gasteiger partial charge in [0.25, 0.3) is 0 Å². The van der Waals surface area contributed by atoms with E-state index in [1.54, 1.807) is 12.1 Å². The second kappa shape index (κ2) is 3.83. The van der Waals surface area contributed by atoms with Crippen molar-refractivity contribution in [1.82, 2.24) is 0 Å². The minimum absolute atomic E-state index is 0.0907. The molecular formula is C8H7F3IN. The summed E-state index contributed by atoms with van der Waals surface area (Å²) in [4.78, 5) is 0. The van der Waals surface area contributed by atoms with Crippen molar-refractivity contribution in [3.63, 3.8) is 0 Å². The van der Waals surface area contributed by atoms with E-state index in [0.29, 0.717) is 0 Å². The van der Waals surface area contributed by atoms with Crippen LogP contribution < -0.4 is 5.73 Å². The van der Waals surface area contributed by atoms with Gasteiger partial charge in [-0.05, 0) is 40.3 Å². The van der Waals surface area contributed by atoms with Gasteiger partial charge in [0, 0.05) is 3.57 Å². The Hall–Kier alpha value is -0.300. The first-order valence-electron chi connectivity index (χ1n) is 3.49. The van der Waals surface area contributed by atoms with E-state index >= 15 is 0 Å². The molecule has 0 radical (unpaired) electrons. The summed E-state index contributed by atoms with van der Waals surface area (Å²) in [6.45, 7) is 0. The number of alkyl halides is 3. The second-order valence-corrected chi connectivity index (χ2v) is 3.82. The molecule has 0 spiro atoms. The Morgan fingerprint density at radius 3 is 2.00 bits per heavy atom. The average Bonchev–Trinajstić information content (AvgIpc) is 2.03. The Bertz CT molecular complexity index is 280. The van der Waals surface area contributed by atoms with E-state index in [2.05, 4.69) is 0 Å². The molecule has 5 heteroatoms. The molecular weight excluding hydrogens is 294 g/mol. The van der Waals surface area contributed by atoms with E-state index in [4.69, 9.17) is 5.73 Å². The molecule has 0 heterocycles.